The third-order valence-electron chi connectivity index (χ3n) is 3.11. The maximum absolute atomic E-state index is 13.6. The number of halogens is 1. The van der Waals surface area contributed by atoms with Crippen LogP contribution in [0.15, 0.2) is 63.9 Å². The summed E-state index contributed by atoms with van der Waals surface area (Å²) in [6, 6.07) is 16.5. The van der Waals surface area contributed by atoms with Gasteiger partial charge in [-0.25, -0.2) is 9.37 Å². The Morgan fingerprint density at radius 2 is 1.76 bits per heavy atom. The van der Waals surface area contributed by atoms with Gasteiger partial charge in [-0.1, -0.05) is 30.3 Å². The van der Waals surface area contributed by atoms with E-state index in [4.69, 9.17) is 4.42 Å². The van der Waals surface area contributed by atoms with E-state index in [1.807, 2.05) is 43.3 Å². The second kappa shape index (κ2) is 6.14. The van der Waals surface area contributed by atoms with Crippen molar-refractivity contribution in [1.82, 2.24) is 4.98 Å². The minimum atomic E-state index is -0.202. The fourth-order valence-electron chi connectivity index (χ4n) is 1.97. The van der Waals surface area contributed by atoms with Gasteiger partial charge in [0, 0.05) is 16.2 Å². The molecule has 0 unspecified atom stereocenters. The summed E-state index contributed by atoms with van der Waals surface area (Å²) in [5, 5.41) is 0. The van der Waals surface area contributed by atoms with E-state index in [0.717, 1.165) is 17.0 Å². The van der Waals surface area contributed by atoms with Crippen LogP contribution in [-0.4, -0.2) is 4.98 Å². The van der Waals surface area contributed by atoms with Crippen LogP contribution in [-0.2, 0) is 5.75 Å². The predicted molar refractivity (Wildman–Crippen MR) is 82.6 cm³/mol. The lowest BCUT2D eigenvalue weighted by Gasteiger charge is -2.00. The quantitative estimate of drug-likeness (QED) is 0.628. The highest BCUT2D eigenvalue weighted by Crippen LogP contribution is 2.28. The van der Waals surface area contributed by atoms with Gasteiger partial charge in [-0.2, -0.15) is 0 Å². The van der Waals surface area contributed by atoms with Crippen molar-refractivity contribution < 1.29 is 8.81 Å². The van der Waals surface area contributed by atoms with Crippen LogP contribution in [0.3, 0.4) is 0 Å². The Morgan fingerprint density at radius 3 is 2.52 bits per heavy atom. The Hall–Kier alpha value is -2.07. The summed E-state index contributed by atoms with van der Waals surface area (Å²) < 4.78 is 19.3. The summed E-state index contributed by atoms with van der Waals surface area (Å²) in [5.74, 6) is 1.77. The lowest BCUT2D eigenvalue weighted by molar-refractivity contribution is 0.540. The first kappa shape index (κ1) is 13.9. The molecular weight excluding hydrogens is 285 g/mol. The van der Waals surface area contributed by atoms with Crippen LogP contribution in [0, 0.1) is 12.7 Å². The van der Waals surface area contributed by atoms with Crippen molar-refractivity contribution >= 4 is 11.8 Å². The van der Waals surface area contributed by atoms with E-state index in [-0.39, 0.29) is 5.82 Å². The van der Waals surface area contributed by atoms with Crippen molar-refractivity contribution in [2.24, 2.45) is 0 Å². The Morgan fingerprint density at radius 1 is 1.05 bits per heavy atom. The van der Waals surface area contributed by atoms with Gasteiger partial charge in [0.05, 0.1) is 5.69 Å². The van der Waals surface area contributed by atoms with Crippen molar-refractivity contribution in [3.63, 3.8) is 0 Å². The lowest BCUT2D eigenvalue weighted by Crippen LogP contribution is -1.86. The Labute approximate surface area is 127 Å². The topological polar surface area (TPSA) is 26.0 Å². The molecule has 0 fully saturated rings. The predicted octanol–water partition coefficient (Wildman–Crippen LogP) is 5.08. The molecule has 0 bridgehead atoms. The van der Waals surface area contributed by atoms with E-state index in [9.17, 15) is 4.39 Å². The highest BCUT2D eigenvalue weighted by molar-refractivity contribution is 7.98. The SMILES string of the molecule is Cc1oc(-c2ccccc2)nc1CSc1ccccc1F. The first-order valence-corrected chi connectivity index (χ1v) is 7.61. The van der Waals surface area contributed by atoms with Gasteiger partial charge in [0.25, 0.3) is 0 Å². The largest absolute Gasteiger partial charge is 0.441 e. The molecule has 0 saturated carbocycles. The summed E-state index contributed by atoms with van der Waals surface area (Å²) >= 11 is 1.43. The third-order valence-corrected chi connectivity index (χ3v) is 4.17. The van der Waals surface area contributed by atoms with E-state index < -0.39 is 0 Å². The molecule has 3 rings (SSSR count). The highest BCUT2D eigenvalue weighted by Gasteiger charge is 2.12. The maximum atomic E-state index is 13.6. The fraction of sp³-hybridized carbons (Fsp3) is 0.118. The van der Waals surface area contributed by atoms with Crippen molar-refractivity contribution in [3.8, 4) is 11.5 Å². The number of aromatic nitrogens is 1. The standard InChI is InChI=1S/C17H14FNOS/c1-12-15(11-21-16-10-6-5-9-14(16)18)19-17(20-12)13-7-3-2-4-8-13/h2-10H,11H2,1H3. The molecule has 0 aliphatic carbocycles. The number of nitrogens with zero attached hydrogens (tertiary/aromatic N) is 1. The van der Waals surface area contributed by atoms with Gasteiger partial charge in [0.2, 0.25) is 5.89 Å². The molecule has 2 nitrogen and oxygen atoms in total. The molecule has 0 N–H and O–H groups in total. The molecule has 2 aromatic carbocycles. The molecule has 1 aromatic heterocycles. The van der Waals surface area contributed by atoms with E-state index in [0.29, 0.717) is 16.5 Å². The summed E-state index contributed by atoms with van der Waals surface area (Å²) in [4.78, 5) is 5.14. The normalized spacial score (nSPS) is 10.8. The Kier molecular flexibility index (Phi) is 4.06. The molecule has 0 spiro atoms. The van der Waals surface area contributed by atoms with Crippen LogP contribution in [0.5, 0.6) is 0 Å². The van der Waals surface area contributed by atoms with E-state index in [1.54, 1.807) is 12.1 Å². The minimum absolute atomic E-state index is 0.202. The van der Waals surface area contributed by atoms with Crippen LogP contribution >= 0.6 is 11.8 Å². The van der Waals surface area contributed by atoms with Gasteiger partial charge in [-0.15, -0.1) is 11.8 Å². The van der Waals surface area contributed by atoms with E-state index in [1.165, 1.54) is 17.8 Å². The van der Waals surface area contributed by atoms with Crippen molar-refractivity contribution in [3.05, 3.63) is 71.9 Å². The van der Waals surface area contributed by atoms with E-state index >= 15 is 0 Å². The number of aryl methyl sites for hydroxylation is 1. The molecule has 0 aliphatic rings. The Bertz CT molecular complexity index is 740. The smallest absolute Gasteiger partial charge is 0.226 e. The average molecular weight is 299 g/mol. The molecule has 21 heavy (non-hydrogen) atoms. The number of oxazole rings is 1. The van der Waals surface area contributed by atoms with Gasteiger partial charge in [-0.3, -0.25) is 0 Å². The first-order valence-electron chi connectivity index (χ1n) is 6.63. The molecule has 1 heterocycles. The molecule has 106 valence electrons. The van der Waals surface area contributed by atoms with Crippen LogP contribution in [0.25, 0.3) is 11.5 Å². The molecule has 0 amide bonds. The molecule has 4 heteroatoms. The monoisotopic (exact) mass is 299 g/mol. The second-order valence-electron chi connectivity index (χ2n) is 4.61. The molecule has 0 saturated heterocycles. The van der Waals surface area contributed by atoms with Crippen LogP contribution in [0.4, 0.5) is 4.39 Å². The molecule has 0 atom stereocenters. The van der Waals surface area contributed by atoms with Gasteiger partial charge in [-0.05, 0) is 31.2 Å². The summed E-state index contributed by atoms with van der Waals surface area (Å²) in [6.45, 7) is 1.89. The average Bonchev–Trinajstić information content (AvgIpc) is 2.89. The van der Waals surface area contributed by atoms with Crippen molar-refractivity contribution in [2.75, 3.05) is 0 Å². The summed E-state index contributed by atoms with van der Waals surface area (Å²) in [7, 11) is 0. The van der Waals surface area contributed by atoms with Gasteiger partial charge in [0.1, 0.15) is 11.6 Å². The van der Waals surface area contributed by atoms with Gasteiger partial charge < -0.3 is 4.42 Å². The van der Waals surface area contributed by atoms with E-state index in [2.05, 4.69) is 4.98 Å². The van der Waals surface area contributed by atoms with Gasteiger partial charge >= 0.3 is 0 Å². The second-order valence-corrected chi connectivity index (χ2v) is 5.62. The lowest BCUT2D eigenvalue weighted by atomic mass is 10.2. The molecular formula is C17H14FNOS. The molecule has 0 aliphatic heterocycles. The molecule has 0 radical (unpaired) electrons. The number of thioether (sulfide) groups is 1. The van der Waals surface area contributed by atoms with Crippen LogP contribution in [0.1, 0.15) is 11.5 Å². The Balaban J connectivity index is 1.78. The number of hydrogen-bond acceptors (Lipinski definition) is 3. The van der Waals surface area contributed by atoms with Crippen molar-refractivity contribution in [1.29, 1.82) is 0 Å². The number of benzene rings is 2. The van der Waals surface area contributed by atoms with Crippen molar-refractivity contribution in [2.45, 2.75) is 17.6 Å². The number of rotatable bonds is 4. The maximum Gasteiger partial charge on any atom is 0.226 e. The summed E-state index contributed by atoms with van der Waals surface area (Å²) in [6.07, 6.45) is 0. The molecule has 3 aromatic rings. The van der Waals surface area contributed by atoms with Crippen LogP contribution < -0.4 is 0 Å². The first-order chi connectivity index (χ1) is 10.2. The van der Waals surface area contributed by atoms with Crippen LogP contribution in [0.2, 0.25) is 0 Å². The fourth-order valence-corrected chi connectivity index (χ4v) is 2.91. The zero-order valence-corrected chi connectivity index (χ0v) is 12.4. The zero-order chi connectivity index (χ0) is 14.7. The highest BCUT2D eigenvalue weighted by atomic mass is 32.2. The minimum Gasteiger partial charge on any atom is -0.441 e. The third kappa shape index (κ3) is 3.16. The summed E-state index contributed by atoms with van der Waals surface area (Å²) in [5.41, 5.74) is 1.80. The number of hydrogen-bond donors (Lipinski definition) is 0. The zero-order valence-electron chi connectivity index (χ0n) is 11.5. The van der Waals surface area contributed by atoms with Gasteiger partial charge in [0.15, 0.2) is 0 Å².